The van der Waals surface area contributed by atoms with Crippen LogP contribution in [0.3, 0.4) is 0 Å². The number of carbonyl (C=O) groups excluding carboxylic acids is 1. The summed E-state index contributed by atoms with van der Waals surface area (Å²) in [6.45, 7) is 3.29. The van der Waals surface area contributed by atoms with Crippen LogP contribution in [0, 0.1) is 11.7 Å². The number of rotatable bonds is 7. The lowest BCUT2D eigenvalue weighted by molar-refractivity contribution is 0.0999. The van der Waals surface area contributed by atoms with Gasteiger partial charge in [-0.15, -0.1) is 0 Å². The molecule has 0 aliphatic carbocycles. The maximum Gasteiger partial charge on any atom is 0.248 e. The summed E-state index contributed by atoms with van der Waals surface area (Å²) in [7, 11) is 0. The third kappa shape index (κ3) is 5.05. The molecule has 1 aliphatic heterocycles. The predicted molar refractivity (Wildman–Crippen MR) is 99.7 cm³/mol. The van der Waals surface area contributed by atoms with E-state index in [1.165, 1.54) is 30.5 Å². The molecule has 1 aliphatic rings. The molecule has 0 radical (unpaired) electrons. The Balaban J connectivity index is 1.39. The van der Waals surface area contributed by atoms with Gasteiger partial charge in [-0.2, -0.15) is 0 Å². The van der Waals surface area contributed by atoms with Crippen LogP contribution in [0.1, 0.15) is 28.8 Å². The highest BCUT2D eigenvalue weighted by atomic mass is 19.1. The van der Waals surface area contributed by atoms with E-state index in [1.54, 1.807) is 0 Å². The minimum Gasteiger partial charge on any atom is -0.489 e. The van der Waals surface area contributed by atoms with Gasteiger partial charge in [-0.3, -0.25) is 9.69 Å². The van der Waals surface area contributed by atoms with Crippen molar-refractivity contribution in [1.29, 1.82) is 0 Å². The first-order valence-corrected chi connectivity index (χ1v) is 9.10. The molecule has 2 aromatic rings. The topological polar surface area (TPSA) is 55.6 Å². The highest BCUT2D eigenvalue weighted by molar-refractivity contribution is 5.92. The zero-order valence-electron chi connectivity index (χ0n) is 14.9. The second-order valence-electron chi connectivity index (χ2n) is 6.83. The van der Waals surface area contributed by atoms with E-state index in [-0.39, 0.29) is 11.3 Å². The van der Waals surface area contributed by atoms with Gasteiger partial charge in [-0.25, -0.2) is 4.39 Å². The molecular weight excluding hydrogens is 331 g/mol. The van der Waals surface area contributed by atoms with E-state index in [2.05, 4.69) is 35.2 Å². The van der Waals surface area contributed by atoms with Crippen molar-refractivity contribution in [3.8, 4) is 5.75 Å². The molecule has 0 atom stereocenters. The highest BCUT2D eigenvalue weighted by Crippen LogP contribution is 2.22. The lowest BCUT2D eigenvalue weighted by Gasteiger charge is -2.31. The standard InChI is InChI=1S/C21H25FN2O2/c22-19-15-18(21(23)25)6-7-20(19)26-13-12-24-10-8-17(9-11-24)14-16-4-2-1-3-5-16/h1-7,15,17H,8-14H2,(H2,23,25). The van der Waals surface area contributed by atoms with Crippen molar-refractivity contribution in [3.63, 3.8) is 0 Å². The molecule has 0 aromatic heterocycles. The number of halogens is 1. The minimum absolute atomic E-state index is 0.148. The van der Waals surface area contributed by atoms with Crippen LogP contribution in [0.25, 0.3) is 0 Å². The molecule has 2 N–H and O–H groups in total. The summed E-state index contributed by atoms with van der Waals surface area (Å²) in [5, 5.41) is 0. The molecule has 5 heteroatoms. The average molecular weight is 356 g/mol. The Morgan fingerprint density at radius 3 is 2.54 bits per heavy atom. The lowest BCUT2D eigenvalue weighted by atomic mass is 9.90. The summed E-state index contributed by atoms with van der Waals surface area (Å²) in [5.41, 5.74) is 6.69. The monoisotopic (exact) mass is 356 g/mol. The number of benzene rings is 2. The van der Waals surface area contributed by atoms with E-state index in [1.807, 2.05) is 0 Å². The molecule has 0 unspecified atom stereocenters. The number of nitrogens with zero attached hydrogens (tertiary/aromatic N) is 1. The zero-order valence-corrected chi connectivity index (χ0v) is 14.9. The number of primary amides is 1. The number of hydrogen-bond donors (Lipinski definition) is 1. The van der Waals surface area contributed by atoms with Gasteiger partial charge in [-0.05, 0) is 62.0 Å². The largest absolute Gasteiger partial charge is 0.489 e. The molecule has 0 spiro atoms. The summed E-state index contributed by atoms with van der Waals surface area (Å²) in [5.74, 6) is -0.306. The molecular formula is C21H25FN2O2. The van der Waals surface area contributed by atoms with Crippen molar-refractivity contribution in [2.75, 3.05) is 26.2 Å². The fourth-order valence-corrected chi connectivity index (χ4v) is 3.42. The maximum absolute atomic E-state index is 13.9. The summed E-state index contributed by atoms with van der Waals surface area (Å²) < 4.78 is 19.4. The van der Waals surface area contributed by atoms with Crippen molar-refractivity contribution in [3.05, 3.63) is 65.5 Å². The Labute approximate surface area is 153 Å². The number of likely N-dealkylation sites (tertiary alicyclic amines) is 1. The van der Waals surface area contributed by atoms with Crippen molar-refractivity contribution < 1.29 is 13.9 Å². The molecule has 0 bridgehead atoms. The van der Waals surface area contributed by atoms with Gasteiger partial charge in [0, 0.05) is 12.1 Å². The third-order valence-corrected chi connectivity index (χ3v) is 4.96. The first-order chi connectivity index (χ1) is 12.6. The van der Waals surface area contributed by atoms with E-state index in [9.17, 15) is 9.18 Å². The number of nitrogens with two attached hydrogens (primary N) is 1. The lowest BCUT2D eigenvalue weighted by Crippen LogP contribution is -2.37. The van der Waals surface area contributed by atoms with Gasteiger partial charge in [0.15, 0.2) is 11.6 Å². The predicted octanol–water partition coefficient (Wildman–Crippen LogP) is 3.26. The van der Waals surface area contributed by atoms with Gasteiger partial charge in [0.1, 0.15) is 6.61 Å². The molecule has 0 saturated carbocycles. The zero-order chi connectivity index (χ0) is 18.4. The Morgan fingerprint density at radius 2 is 1.88 bits per heavy atom. The smallest absolute Gasteiger partial charge is 0.248 e. The minimum atomic E-state index is -0.645. The van der Waals surface area contributed by atoms with Crippen LogP contribution >= 0.6 is 0 Å². The summed E-state index contributed by atoms with van der Waals surface area (Å²) in [6, 6.07) is 14.7. The Morgan fingerprint density at radius 1 is 1.15 bits per heavy atom. The van der Waals surface area contributed by atoms with Crippen LogP contribution < -0.4 is 10.5 Å². The molecule has 2 aromatic carbocycles. The average Bonchev–Trinajstić information content (AvgIpc) is 2.65. The normalized spacial score (nSPS) is 15.7. The molecule has 1 saturated heterocycles. The summed E-state index contributed by atoms with van der Waals surface area (Å²) in [4.78, 5) is 13.4. The van der Waals surface area contributed by atoms with Crippen LogP contribution in [-0.2, 0) is 6.42 Å². The van der Waals surface area contributed by atoms with Gasteiger partial charge in [0.2, 0.25) is 5.91 Å². The van der Waals surface area contributed by atoms with Gasteiger partial charge in [-0.1, -0.05) is 30.3 Å². The quantitative estimate of drug-likeness (QED) is 0.828. The van der Waals surface area contributed by atoms with E-state index in [4.69, 9.17) is 10.5 Å². The molecule has 4 nitrogen and oxygen atoms in total. The van der Waals surface area contributed by atoms with Crippen LogP contribution in [0.15, 0.2) is 48.5 Å². The summed E-state index contributed by atoms with van der Waals surface area (Å²) >= 11 is 0. The maximum atomic E-state index is 13.9. The second-order valence-corrected chi connectivity index (χ2v) is 6.83. The van der Waals surface area contributed by atoms with E-state index in [0.29, 0.717) is 6.61 Å². The Bertz CT molecular complexity index is 728. The van der Waals surface area contributed by atoms with Crippen LogP contribution in [0.2, 0.25) is 0 Å². The van der Waals surface area contributed by atoms with Gasteiger partial charge >= 0.3 is 0 Å². The summed E-state index contributed by atoms with van der Waals surface area (Å²) in [6.07, 6.45) is 3.50. The molecule has 26 heavy (non-hydrogen) atoms. The third-order valence-electron chi connectivity index (χ3n) is 4.96. The van der Waals surface area contributed by atoms with Crippen LogP contribution in [0.5, 0.6) is 5.75 Å². The number of carbonyl (C=O) groups is 1. The fraction of sp³-hybridized carbons (Fsp3) is 0.381. The van der Waals surface area contributed by atoms with Gasteiger partial charge in [0.05, 0.1) is 0 Å². The van der Waals surface area contributed by atoms with Crippen molar-refractivity contribution >= 4 is 5.91 Å². The van der Waals surface area contributed by atoms with Gasteiger partial charge < -0.3 is 10.5 Å². The van der Waals surface area contributed by atoms with Crippen molar-refractivity contribution in [2.45, 2.75) is 19.3 Å². The van der Waals surface area contributed by atoms with Crippen molar-refractivity contribution in [1.82, 2.24) is 4.90 Å². The van der Waals surface area contributed by atoms with Crippen LogP contribution in [-0.4, -0.2) is 37.0 Å². The first-order valence-electron chi connectivity index (χ1n) is 9.10. The first kappa shape index (κ1) is 18.4. The highest BCUT2D eigenvalue weighted by Gasteiger charge is 2.19. The SMILES string of the molecule is NC(=O)c1ccc(OCCN2CCC(Cc3ccccc3)CC2)c(F)c1. The Kier molecular flexibility index (Phi) is 6.23. The van der Waals surface area contributed by atoms with E-state index in [0.717, 1.165) is 38.0 Å². The molecule has 1 fully saturated rings. The number of piperidine rings is 1. The van der Waals surface area contributed by atoms with Crippen LogP contribution in [0.4, 0.5) is 4.39 Å². The van der Waals surface area contributed by atoms with Gasteiger partial charge in [0.25, 0.3) is 0 Å². The molecule has 1 amide bonds. The number of amides is 1. The molecule has 3 rings (SSSR count). The second kappa shape index (κ2) is 8.81. The number of ether oxygens (including phenoxy) is 1. The molecule has 1 heterocycles. The Hall–Kier alpha value is -2.40. The van der Waals surface area contributed by atoms with Crippen molar-refractivity contribution in [2.24, 2.45) is 11.7 Å². The fourth-order valence-electron chi connectivity index (χ4n) is 3.42. The van der Waals surface area contributed by atoms with E-state index >= 15 is 0 Å². The number of hydrogen-bond acceptors (Lipinski definition) is 3. The molecule has 138 valence electrons. The van der Waals surface area contributed by atoms with E-state index < -0.39 is 11.7 Å².